The highest BCUT2D eigenvalue weighted by molar-refractivity contribution is 6.14. The molecular weight excluding hydrogens is 342 g/mol. The summed E-state index contributed by atoms with van der Waals surface area (Å²) in [4.78, 5) is 39.9. The van der Waals surface area contributed by atoms with Crippen LogP contribution in [0.25, 0.3) is 0 Å². The first-order valence-electron chi connectivity index (χ1n) is 9.85. The van der Waals surface area contributed by atoms with Crippen LogP contribution in [0.4, 0.5) is 4.79 Å². The summed E-state index contributed by atoms with van der Waals surface area (Å²) in [6, 6.07) is 9.49. The number of ether oxygens (including phenoxy) is 1. The number of allylic oxidation sites excluding steroid dienone is 1. The Bertz CT molecular complexity index is 858. The van der Waals surface area contributed by atoms with Crippen LogP contribution in [0, 0.1) is 23.7 Å². The number of hydrogen-bond donors (Lipinski definition) is 0. The monoisotopic (exact) mass is 365 g/mol. The van der Waals surface area contributed by atoms with Crippen molar-refractivity contribution in [2.24, 2.45) is 23.7 Å². The van der Waals surface area contributed by atoms with E-state index in [0.29, 0.717) is 29.4 Å². The number of nitrogens with zero attached hydrogens (tertiary/aromatic N) is 1. The molecule has 0 spiro atoms. The van der Waals surface area contributed by atoms with E-state index in [1.807, 2.05) is 30.3 Å². The number of carbonyl (C=O) groups excluding carboxylic acids is 3. The number of cyclic esters (lactones) is 1. The molecule has 5 heteroatoms. The molecule has 0 N–H and O–H groups in total. The van der Waals surface area contributed by atoms with Gasteiger partial charge in [-0.2, -0.15) is 0 Å². The topological polar surface area (TPSA) is 63.7 Å². The second kappa shape index (κ2) is 6.04. The maximum Gasteiger partial charge on any atom is 0.417 e. The standard InChI is InChI=1S/C22H23NO4/c1-12-17(18-14-7-8-15(10-14)19(18)20(12)24)21(25)23-16(11-27-22(23)26)9-13-5-3-2-4-6-13/h2-6,14-16,18-19H,7-11H2,1H3/t14-,15+,16+,18-,19-/m1/s1. The number of rotatable bonds is 3. The molecular formula is C22H23NO4. The number of carbonyl (C=O) groups is 3. The molecule has 27 heavy (non-hydrogen) atoms. The Morgan fingerprint density at radius 1 is 1.11 bits per heavy atom. The fourth-order valence-electron chi connectivity index (χ4n) is 5.90. The maximum absolute atomic E-state index is 13.4. The Balaban J connectivity index is 1.45. The Morgan fingerprint density at radius 3 is 2.56 bits per heavy atom. The summed E-state index contributed by atoms with van der Waals surface area (Å²) in [6.07, 6.45) is 3.21. The lowest BCUT2D eigenvalue weighted by molar-refractivity contribution is -0.126. The average Bonchev–Trinajstić information content (AvgIpc) is 3.41. The summed E-state index contributed by atoms with van der Waals surface area (Å²) < 4.78 is 5.23. The van der Waals surface area contributed by atoms with Crippen molar-refractivity contribution < 1.29 is 19.1 Å². The molecule has 2 bridgehead atoms. The van der Waals surface area contributed by atoms with Gasteiger partial charge in [0.25, 0.3) is 5.91 Å². The number of ketones is 1. The van der Waals surface area contributed by atoms with Crippen molar-refractivity contribution in [3.05, 3.63) is 47.0 Å². The predicted molar refractivity (Wildman–Crippen MR) is 97.6 cm³/mol. The lowest BCUT2D eigenvalue weighted by Crippen LogP contribution is -2.42. The molecule has 1 aliphatic heterocycles. The summed E-state index contributed by atoms with van der Waals surface area (Å²) in [5.41, 5.74) is 2.23. The van der Waals surface area contributed by atoms with Gasteiger partial charge < -0.3 is 4.74 Å². The number of fused-ring (bicyclic) bond motifs is 5. The minimum Gasteiger partial charge on any atom is -0.447 e. The lowest BCUT2D eigenvalue weighted by atomic mass is 9.78. The van der Waals surface area contributed by atoms with Gasteiger partial charge in [0.1, 0.15) is 6.61 Å². The zero-order valence-corrected chi connectivity index (χ0v) is 15.4. The molecule has 0 radical (unpaired) electrons. The molecule has 1 aromatic rings. The van der Waals surface area contributed by atoms with E-state index < -0.39 is 6.09 Å². The van der Waals surface area contributed by atoms with Gasteiger partial charge in [0.15, 0.2) is 5.78 Å². The molecule has 1 aromatic carbocycles. The van der Waals surface area contributed by atoms with Crippen molar-refractivity contribution in [1.82, 2.24) is 4.90 Å². The lowest BCUT2D eigenvalue weighted by Gasteiger charge is -2.28. The van der Waals surface area contributed by atoms with Gasteiger partial charge in [0.05, 0.1) is 6.04 Å². The molecule has 3 fully saturated rings. The molecule has 3 aliphatic carbocycles. The normalized spacial score (nSPS) is 34.4. The van der Waals surface area contributed by atoms with Crippen LogP contribution < -0.4 is 0 Å². The third-order valence-corrected chi connectivity index (χ3v) is 7.05. The van der Waals surface area contributed by atoms with Crippen LogP contribution in [-0.4, -0.2) is 35.3 Å². The van der Waals surface area contributed by atoms with Crippen molar-refractivity contribution in [2.45, 2.75) is 38.6 Å². The second-order valence-corrected chi connectivity index (χ2v) is 8.38. The number of imide groups is 1. The van der Waals surface area contributed by atoms with E-state index in [1.165, 1.54) is 4.90 Å². The third kappa shape index (κ3) is 2.40. The van der Waals surface area contributed by atoms with Gasteiger partial charge in [-0.15, -0.1) is 0 Å². The SMILES string of the molecule is CC1=C(C(=O)N2C(=O)OC[C@@H]2Cc2ccccc2)[C@H]2[C@@H]3CC[C@@H](C3)[C@H]2C1=O. The van der Waals surface area contributed by atoms with Gasteiger partial charge in [-0.25, -0.2) is 9.69 Å². The maximum atomic E-state index is 13.4. The first-order valence-corrected chi connectivity index (χ1v) is 9.85. The van der Waals surface area contributed by atoms with Crippen LogP contribution in [0.5, 0.6) is 0 Å². The van der Waals surface area contributed by atoms with E-state index in [0.717, 1.165) is 24.8 Å². The Kier molecular flexibility index (Phi) is 3.74. The van der Waals surface area contributed by atoms with Gasteiger partial charge in [-0.3, -0.25) is 9.59 Å². The zero-order valence-electron chi connectivity index (χ0n) is 15.4. The van der Waals surface area contributed by atoms with E-state index in [2.05, 4.69) is 0 Å². The zero-order chi connectivity index (χ0) is 18.7. The molecule has 5 rings (SSSR count). The van der Waals surface area contributed by atoms with Crippen molar-refractivity contribution in [2.75, 3.05) is 6.61 Å². The second-order valence-electron chi connectivity index (χ2n) is 8.38. The Morgan fingerprint density at radius 2 is 1.81 bits per heavy atom. The van der Waals surface area contributed by atoms with Crippen molar-refractivity contribution in [3.63, 3.8) is 0 Å². The van der Waals surface area contributed by atoms with Crippen LogP contribution in [-0.2, 0) is 20.7 Å². The van der Waals surface area contributed by atoms with E-state index >= 15 is 0 Å². The van der Waals surface area contributed by atoms with Crippen LogP contribution in [0.3, 0.4) is 0 Å². The number of amides is 2. The smallest absolute Gasteiger partial charge is 0.417 e. The number of Topliss-reactive ketones (excluding diaryl/α,β-unsaturated/α-hetero) is 1. The highest BCUT2D eigenvalue weighted by Gasteiger charge is 2.58. The minimum atomic E-state index is -0.583. The first-order chi connectivity index (χ1) is 13.1. The highest BCUT2D eigenvalue weighted by atomic mass is 16.6. The molecule has 5 nitrogen and oxygen atoms in total. The van der Waals surface area contributed by atoms with E-state index in [-0.39, 0.29) is 36.2 Å². The largest absolute Gasteiger partial charge is 0.447 e. The average molecular weight is 365 g/mol. The Labute approximate surface area is 158 Å². The summed E-state index contributed by atoms with van der Waals surface area (Å²) in [7, 11) is 0. The van der Waals surface area contributed by atoms with Gasteiger partial charge >= 0.3 is 6.09 Å². The van der Waals surface area contributed by atoms with Crippen molar-refractivity contribution >= 4 is 17.8 Å². The summed E-state index contributed by atoms with van der Waals surface area (Å²) in [5.74, 6) is 0.625. The van der Waals surface area contributed by atoms with Crippen LogP contribution in [0.2, 0.25) is 0 Å². The molecule has 2 amide bonds. The Hall–Kier alpha value is -2.43. The van der Waals surface area contributed by atoms with Gasteiger partial charge in [0.2, 0.25) is 0 Å². The molecule has 1 saturated heterocycles. The fraction of sp³-hybridized carbons (Fsp3) is 0.500. The quantitative estimate of drug-likeness (QED) is 0.825. The minimum absolute atomic E-state index is 0.00882. The summed E-state index contributed by atoms with van der Waals surface area (Å²) >= 11 is 0. The van der Waals surface area contributed by atoms with Crippen LogP contribution in [0.1, 0.15) is 31.7 Å². The van der Waals surface area contributed by atoms with Crippen LogP contribution >= 0.6 is 0 Å². The predicted octanol–water partition coefficient (Wildman–Crippen LogP) is 3.14. The number of benzene rings is 1. The van der Waals surface area contributed by atoms with Gasteiger partial charge in [-0.1, -0.05) is 30.3 Å². The highest BCUT2D eigenvalue weighted by Crippen LogP contribution is 2.59. The van der Waals surface area contributed by atoms with Crippen LogP contribution in [0.15, 0.2) is 41.5 Å². The molecule has 5 atom stereocenters. The molecule has 0 unspecified atom stereocenters. The van der Waals surface area contributed by atoms with E-state index in [1.54, 1.807) is 6.92 Å². The third-order valence-electron chi connectivity index (χ3n) is 7.05. The summed E-state index contributed by atoms with van der Waals surface area (Å²) in [6.45, 7) is 1.97. The molecule has 140 valence electrons. The molecule has 1 heterocycles. The molecule has 4 aliphatic rings. The summed E-state index contributed by atoms with van der Waals surface area (Å²) in [5, 5.41) is 0. The van der Waals surface area contributed by atoms with Crippen molar-refractivity contribution in [1.29, 1.82) is 0 Å². The number of hydrogen-bond acceptors (Lipinski definition) is 4. The van der Waals surface area contributed by atoms with E-state index in [4.69, 9.17) is 4.74 Å². The van der Waals surface area contributed by atoms with E-state index in [9.17, 15) is 14.4 Å². The molecule has 0 aromatic heterocycles. The van der Waals surface area contributed by atoms with Gasteiger partial charge in [-0.05, 0) is 50.0 Å². The van der Waals surface area contributed by atoms with Crippen molar-refractivity contribution in [3.8, 4) is 0 Å². The fourth-order valence-corrected chi connectivity index (χ4v) is 5.90. The molecule has 2 saturated carbocycles. The first kappa shape index (κ1) is 16.7. The van der Waals surface area contributed by atoms with Gasteiger partial charge in [0, 0.05) is 23.0 Å².